The van der Waals surface area contributed by atoms with E-state index in [9.17, 15) is 18.3 Å². The first-order valence-electron chi connectivity index (χ1n) is 6.83. The molecule has 0 unspecified atom stereocenters. The highest BCUT2D eigenvalue weighted by molar-refractivity contribution is 7.85. The summed E-state index contributed by atoms with van der Waals surface area (Å²) < 4.78 is 31.0. The molecule has 0 aliphatic heterocycles. The smallest absolute Gasteiger partial charge is 0.294 e. The average molecular weight is 344 g/mol. The number of aromatic hydroxyl groups is 1. The Bertz CT molecular complexity index is 1040. The van der Waals surface area contributed by atoms with Crippen molar-refractivity contribution >= 4 is 10.1 Å². The SMILES string of the molecule is O=c1[nH]c(-c2ccccc2)nc(O)c1-c1ccc(S(=O)(=O)O)cc1. The van der Waals surface area contributed by atoms with Crippen LogP contribution in [0, 0.1) is 0 Å². The molecule has 24 heavy (non-hydrogen) atoms. The predicted molar refractivity (Wildman–Crippen MR) is 87.2 cm³/mol. The number of nitrogens with zero attached hydrogens (tertiary/aromatic N) is 1. The van der Waals surface area contributed by atoms with E-state index in [-0.39, 0.29) is 21.8 Å². The summed E-state index contributed by atoms with van der Waals surface area (Å²) in [6.45, 7) is 0. The van der Waals surface area contributed by atoms with Gasteiger partial charge in [0.1, 0.15) is 11.4 Å². The number of H-pyrrole nitrogens is 1. The fourth-order valence-corrected chi connectivity index (χ4v) is 2.73. The summed E-state index contributed by atoms with van der Waals surface area (Å²) in [6.07, 6.45) is 0. The third-order valence-corrected chi connectivity index (χ3v) is 4.26. The molecular weight excluding hydrogens is 332 g/mol. The molecule has 8 heteroatoms. The number of aromatic amines is 1. The molecule has 3 rings (SSSR count). The molecule has 0 aliphatic carbocycles. The summed E-state index contributed by atoms with van der Waals surface area (Å²) in [6, 6.07) is 13.7. The number of aromatic nitrogens is 2. The third kappa shape index (κ3) is 3.05. The molecular formula is C16H12N2O5S. The van der Waals surface area contributed by atoms with Crippen LogP contribution in [-0.4, -0.2) is 28.0 Å². The number of hydrogen-bond donors (Lipinski definition) is 3. The van der Waals surface area contributed by atoms with E-state index >= 15 is 0 Å². The molecule has 3 aromatic rings. The Balaban J connectivity index is 2.08. The largest absolute Gasteiger partial charge is 0.493 e. The molecule has 122 valence electrons. The van der Waals surface area contributed by atoms with Crippen molar-refractivity contribution < 1.29 is 18.1 Å². The molecule has 0 saturated heterocycles. The minimum absolute atomic E-state index is 0.0865. The van der Waals surface area contributed by atoms with E-state index in [1.165, 1.54) is 12.1 Å². The first-order valence-corrected chi connectivity index (χ1v) is 8.27. The van der Waals surface area contributed by atoms with Crippen molar-refractivity contribution in [1.29, 1.82) is 0 Å². The number of benzene rings is 2. The van der Waals surface area contributed by atoms with Gasteiger partial charge < -0.3 is 10.1 Å². The van der Waals surface area contributed by atoms with Crippen LogP contribution >= 0.6 is 0 Å². The van der Waals surface area contributed by atoms with Crippen LogP contribution in [0.3, 0.4) is 0 Å². The molecule has 0 spiro atoms. The molecule has 7 nitrogen and oxygen atoms in total. The van der Waals surface area contributed by atoms with Crippen molar-refractivity contribution in [2.45, 2.75) is 4.90 Å². The summed E-state index contributed by atoms with van der Waals surface area (Å²) in [5.41, 5.74) is 0.254. The van der Waals surface area contributed by atoms with E-state index in [0.29, 0.717) is 5.56 Å². The van der Waals surface area contributed by atoms with Gasteiger partial charge in [-0.1, -0.05) is 42.5 Å². The van der Waals surface area contributed by atoms with E-state index < -0.39 is 21.6 Å². The van der Waals surface area contributed by atoms with Gasteiger partial charge in [0.25, 0.3) is 15.7 Å². The first-order chi connectivity index (χ1) is 11.4. The molecule has 0 bridgehead atoms. The molecule has 1 heterocycles. The van der Waals surface area contributed by atoms with Crippen LogP contribution in [-0.2, 0) is 10.1 Å². The van der Waals surface area contributed by atoms with Gasteiger partial charge in [-0.05, 0) is 17.7 Å². The first kappa shape index (κ1) is 15.9. The molecule has 2 aromatic carbocycles. The van der Waals surface area contributed by atoms with Crippen molar-refractivity contribution in [3.8, 4) is 28.4 Å². The highest BCUT2D eigenvalue weighted by Crippen LogP contribution is 2.26. The lowest BCUT2D eigenvalue weighted by Gasteiger charge is -2.07. The van der Waals surface area contributed by atoms with E-state index in [4.69, 9.17) is 4.55 Å². The summed E-state index contributed by atoms with van der Waals surface area (Å²) >= 11 is 0. The van der Waals surface area contributed by atoms with Crippen LogP contribution in [0.2, 0.25) is 0 Å². The molecule has 0 atom stereocenters. The fraction of sp³-hybridized carbons (Fsp3) is 0. The van der Waals surface area contributed by atoms with Crippen LogP contribution < -0.4 is 5.56 Å². The summed E-state index contributed by atoms with van der Waals surface area (Å²) in [7, 11) is -4.33. The normalized spacial score (nSPS) is 11.4. The topological polar surface area (TPSA) is 120 Å². The zero-order valence-corrected chi connectivity index (χ0v) is 13.0. The van der Waals surface area contributed by atoms with Crippen LogP contribution in [0.4, 0.5) is 0 Å². The summed E-state index contributed by atoms with van der Waals surface area (Å²) in [5, 5.41) is 10.1. The zero-order valence-electron chi connectivity index (χ0n) is 12.2. The van der Waals surface area contributed by atoms with Gasteiger partial charge in [-0.15, -0.1) is 0 Å². The molecule has 0 amide bonds. The Morgan fingerprint density at radius 2 is 1.54 bits per heavy atom. The quantitative estimate of drug-likeness (QED) is 0.626. The third-order valence-electron chi connectivity index (χ3n) is 3.39. The van der Waals surface area contributed by atoms with Gasteiger partial charge in [0.05, 0.1) is 4.90 Å². The van der Waals surface area contributed by atoms with Gasteiger partial charge in [-0.2, -0.15) is 13.4 Å². The summed E-state index contributed by atoms with van der Waals surface area (Å²) in [5.74, 6) is -0.256. The van der Waals surface area contributed by atoms with Gasteiger partial charge in [0, 0.05) is 5.56 Å². The Morgan fingerprint density at radius 1 is 0.917 bits per heavy atom. The summed E-state index contributed by atoms with van der Waals surface area (Å²) in [4.78, 5) is 18.6. The van der Waals surface area contributed by atoms with Gasteiger partial charge in [0.15, 0.2) is 0 Å². The van der Waals surface area contributed by atoms with Crippen molar-refractivity contribution in [3.05, 3.63) is 65.0 Å². The highest BCUT2D eigenvalue weighted by atomic mass is 32.2. The molecule has 0 aliphatic rings. The van der Waals surface area contributed by atoms with Gasteiger partial charge in [-0.3, -0.25) is 9.35 Å². The lowest BCUT2D eigenvalue weighted by Crippen LogP contribution is -2.12. The number of rotatable bonds is 3. The minimum Gasteiger partial charge on any atom is -0.493 e. The second-order valence-corrected chi connectivity index (χ2v) is 6.40. The van der Waals surface area contributed by atoms with Gasteiger partial charge in [-0.25, -0.2) is 0 Å². The Morgan fingerprint density at radius 3 is 2.08 bits per heavy atom. The highest BCUT2D eigenvalue weighted by Gasteiger charge is 2.15. The number of nitrogens with one attached hydrogen (secondary N) is 1. The molecule has 0 fully saturated rings. The fourth-order valence-electron chi connectivity index (χ4n) is 2.25. The van der Waals surface area contributed by atoms with E-state index in [0.717, 1.165) is 12.1 Å². The van der Waals surface area contributed by atoms with Crippen LogP contribution in [0.5, 0.6) is 5.88 Å². The Kier molecular flexibility index (Phi) is 3.92. The van der Waals surface area contributed by atoms with Gasteiger partial charge >= 0.3 is 0 Å². The average Bonchev–Trinajstić information content (AvgIpc) is 2.54. The van der Waals surface area contributed by atoms with Crippen LogP contribution in [0.25, 0.3) is 22.5 Å². The van der Waals surface area contributed by atoms with Gasteiger partial charge in [0.2, 0.25) is 5.88 Å². The molecule has 1 aromatic heterocycles. The second kappa shape index (κ2) is 5.91. The lowest BCUT2D eigenvalue weighted by atomic mass is 10.1. The van der Waals surface area contributed by atoms with Crippen molar-refractivity contribution in [2.24, 2.45) is 0 Å². The number of hydrogen-bond acceptors (Lipinski definition) is 5. The van der Waals surface area contributed by atoms with E-state index in [1.807, 2.05) is 6.07 Å². The maximum absolute atomic E-state index is 12.3. The van der Waals surface area contributed by atoms with Crippen molar-refractivity contribution in [1.82, 2.24) is 9.97 Å². The predicted octanol–water partition coefficient (Wildman–Crippen LogP) is 2.06. The molecule has 0 saturated carbocycles. The van der Waals surface area contributed by atoms with Crippen LogP contribution in [0.15, 0.2) is 64.3 Å². The minimum atomic E-state index is -4.33. The van der Waals surface area contributed by atoms with E-state index in [2.05, 4.69) is 9.97 Å². The zero-order chi connectivity index (χ0) is 17.3. The maximum Gasteiger partial charge on any atom is 0.294 e. The Hall–Kier alpha value is -2.97. The molecule has 3 N–H and O–H groups in total. The molecule has 0 radical (unpaired) electrons. The van der Waals surface area contributed by atoms with E-state index in [1.54, 1.807) is 24.3 Å². The van der Waals surface area contributed by atoms with Crippen molar-refractivity contribution in [3.63, 3.8) is 0 Å². The maximum atomic E-state index is 12.3. The monoisotopic (exact) mass is 344 g/mol. The Labute approximate surface area is 137 Å². The lowest BCUT2D eigenvalue weighted by molar-refractivity contribution is 0.454. The second-order valence-electron chi connectivity index (χ2n) is 4.98. The standard InChI is InChI=1S/C16H12N2O5S/c19-15-13(10-6-8-12(9-7-10)24(21,22)23)16(20)18-14(17-15)11-4-2-1-3-5-11/h1-9H,(H,21,22,23)(H2,17,18,19,20). The van der Waals surface area contributed by atoms with Crippen molar-refractivity contribution in [2.75, 3.05) is 0 Å². The van der Waals surface area contributed by atoms with Crippen LogP contribution in [0.1, 0.15) is 0 Å².